The van der Waals surface area contributed by atoms with E-state index >= 15 is 0 Å². The van der Waals surface area contributed by atoms with Crippen LogP contribution in [0.1, 0.15) is 39.4 Å². The molecule has 24 heavy (non-hydrogen) atoms. The zero-order valence-electron chi connectivity index (χ0n) is 14.6. The molecule has 134 valence electrons. The molecule has 0 spiro atoms. The summed E-state index contributed by atoms with van der Waals surface area (Å²) < 4.78 is 28.6. The minimum Gasteiger partial charge on any atom is -0.469 e. The summed E-state index contributed by atoms with van der Waals surface area (Å²) in [5.41, 5.74) is 6.46. The van der Waals surface area contributed by atoms with Crippen molar-refractivity contribution in [1.82, 2.24) is 0 Å². The van der Waals surface area contributed by atoms with Crippen LogP contribution in [0.3, 0.4) is 0 Å². The van der Waals surface area contributed by atoms with Gasteiger partial charge in [0.25, 0.3) is 0 Å². The molecule has 1 saturated carbocycles. The van der Waals surface area contributed by atoms with Crippen LogP contribution in [-0.4, -0.2) is 48.8 Å². The van der Waals surface area contributed by atoms with Crippen LogP contribution in [0.2, 0.25) is 0 Å². The number of ketones is 1. The lowest BCUT2D eigenvalue weighted by Gasteiger charge is -2.51. The van der Waals surface area contributed by atoms with Crippen molar-refractivity contribution in [3.8, 4) is 0 Å². The van der Waals surface area contributed by atoms with Gasteiger partial charge in [-0.05, 0) is 39.8 Å². The maximum Gasteiger partial charge on any atom is 0.193 e. The monoisotopic (exact) mass is 339 g/mol. The molecule has 0 aromatic carbocycles. The van der Waals surface area contributed by atoms with Crippen molar-refractivity contribution in [2.75, 3.05) is 7.11 Å². The second-order valence-electron chi connectivity index (χ2n) is 7.18. The molecule has 0 radical (unpaired) electrons. The molecule has 3 rings (SSSR count). The van der Waals surface area contributed by atoms with Crippen molar-refractivity contribution in [3.63, 3.8) is 0 Å². The van der Waals surface area contributed by atoms with E-state index in [9.17, 15) is 4.79 Å². The number of hydrogen-bond acceptors (Lipinski definition) is 7. The van der Waals surface area contributed by atoms with Gasteiger partial charge in [0.1, 0.15) is 24.1 Å². The van der Waals surface area contributed by atoms with E-state index in [1.165, 1.54) is 7.11 Å². The molecule has 2 heterocycles. The molecule has 1 aromatic heterocycles. The van der Waals surface area contributed by atoms with Gasteiger partial charge in [0.05, 0.1) is 12.2 Å². The van der Waals surface area contributed by atoms with Crippen molar-refractivity contribution in [2.24, 2.45) is 5.73 Å². The van der Waals surface area contributed by atoms with Crippen LogP contribution in [0, 0.1) is 0 Å². The van der Waals surface area contributed by atoms with Crippen LogP contribution in [0.25, 0.3) is 0 Å². The van der Waals surface area contributed by atoms with E-state index < -0.39 is 41.8 Å². The van der Waals surface area contributed by atoms with Gasteiger partial charge in [-0.2, -0.15) is 0 Å². The molecule has 1 saturated heterocycles. The highest BCUT2D eigenvalue weighted by molar-refractivity contribution is 5.91. The first-order valence-electron chi connectivity index (χ1n) is 8.06. The Labute approximate surface area is 141 Å². The molecular weight excluding hydrogens is 314 g/mol. The van der Waals surface area contributed by atoms with Crippen molar-refractivity contribution in [1.29, 1.82) is 0 Å². The van der Waals surface area contributed by atoms with E-state index in [1.54, 1.807) is 46.1 Å². The summed E-state index contributed by atoms with van der Waals surface area (Å²) in [6.45, 7) is 7.08. The highest BCUT2D eigenvalue weighted by Gasteiger charge is 2.59. The van der Waals surface area contributed by atoms with E-state index in [-0.39, 0.29) is 5.78 Å². The van der Waals surface area contributed by atoms with Crippen LogP contribution in [-0.2, 0) is 23.7 Å². The van der Waals surface area contributed by atoms with Crippen LogP contribution in [0.15, 0.2) is 22.8 Å². The predicted octanol–water partition coefficient (Wildman–Crippen LogP) is 1.56. The molecule has 2 N–H and O–H groups in total. The Balaban J connectivity index is 2.00. The third kappa shape index (κ3) is 3.02. The molecule has 7 nitrogen and oxygen atoms in total. The summed E-state index contributed by atoms with van der Waals surface area (Å²) in [6.07, 6.45) is -0.667. The zero-order chi connectivity index (χ0) is 17.7. The molecule has 2 bridgehead atoms. The van der Waals surface area contributed by atoms with Crippen molar-refractivity contribution < 1.29 is 28.2 Å². The average molecular weight is 339 g/mol. The van der Waals surface area contributed by atoms with Gasteiger partial charge in [0, 0.05) is 13.2 Å². The topological polar surface area (TPSA) is 93.2 Å². The number of ether oxygens (including phenoxy) is 4. The van der Waals surface area contributed by atoms with Gasteiger partial charge >= 0.3 is 0 Å². The largest absolute Gasteiger partial charge is 0.469 e. The standard InChI is InChI=1S/C17H25NO6/c1-16(2,20-5)23-14-11(18)10(9-7-6-8-21-9)13-12(19)15(14)24-17(3,4)22-13/h6-8,10-11,13-15H,18H2,1-5H3/t10-,11-,13-,14+,15-/m1/s1. The van der Waals surface area contributed by atoms with Gasteiger partial charge in [-0.1, -0.05) is 0 Å². The number of nitrogens with two attached hydrogens (primary N) is 1. The number of methoxy groups -OCH3 is 1. The maximum atomic E-state index is 12.9. The fourth-order valence-electron chi connectivity index (χ4n) is 3.34. The number of furan rings is 1. The van der Waals surface area contributed by atoms with Gasteiger partial charge in [0.15, 0.2) is 17.4 Å². The molecule has 1 aromatic rings. The van der Waals surface area contributed by atoms with E-state index in [1.807, 2.05) is 0 Å². The SMILES string of the molecule is COC(C)(C)O[C@H]1[C@H](N)[C@@H](c2ccco2)[C@H]2OC(C)(C)O[C@@H]1C2=O. The number of rotatable bonds is 4. The first kappa shape index (κ1) is 17.6. The van der Waals surface area contributed by atoms with Gasteiger partial charge in [-0.3, -0.25) is 4.79 Å². The van der Waals surface area contributed by atoms with Gasteiger partial charge in [-0.15, -0.1) is 0 Å². The lowest BCUT2D eigenvalue weighted by atomic mass is 9.75. The highest BCUT2D eigenvalue weighted by Crippen LogP contribution is 2.43. The van der Waals surface area contributed by atoms with Crippen molar-refractivity contribution in [2.45, 2.75) is 69.5 Å². The number of fused-ring (bicyclic) bond motifs is 2. The zero-order valence-corrected chi connectivity index (χ0v) is 14.6. The molecule has 0 unspecified atom stereocenters. The number of Topliss-reactive ketones (excluding diaryl/α,β-unsaturated/α-hetero) is 1. The summed E-state index contributed by atoms with van der Waals surface area (Å²) >= 11 is 0. The Hall–Kier alpha value is -1.25. The van der Waals surface area contributed by atoms with E-state index in [2.05, 4.69) is 0 Å². The lowest BCUT2D eigenvalue weighted by molar-refractivity contribution is -0.331. The quantitative estimate of drug-likeness (QED) is 0.832. The predicted molar refractivity (Wildman–Crippen MR) is 84.2 cm³/mol. The Morgan fingerprint density at radius 2 is 1.92 bits per heavy atom. The molecule has 7 heteroatoms. The maximum absolute atomic E-state index is 12.9. The Morgan fingerprint density at radius 3 is 2.50 bits per heavy atom. The van der Waals surface area contributed by atoms with Crippen molar-refractivity contribution in [3.05, 3.63) is 24.2 Å². The smallest absolute Gasteiger partial charge is 0.193 e. The summed E-state index contributed by atoms with van der Waals surface area (Å²) in [4.78, 5) is 12.9. The molecule has 1 aliphatic carbocycles. The summed E-state index contributed by atoms with van der Waals surface area (Å²) in [5, 5.41) is 0. The second kappa shape index (κ2) is 5.93. The number of hydrogen-bond donors (Lipinski definition) is 1. The molecule has 1 aliphatic heterocycles. The summed E-state index contributed by atoms with van der Waals surface area (Å²) in [5.74, 6) is -1.87. The Bertz CT molecular complexity index is 596. The van der Waals surface area contributed by atoms with Crippen LogP contribution in [0.4, 0.5) is 0 Å². The van der Waals surface area contributed by atoms with Crippen molar-refractivity contribution >= 4 is 5.78 Å². The van der Waals surface area contributed by atoms with E-state index in [4.69, 9.17) is 29.1 Å². The molecular formula is C17H25NO6. The number of carbonyl (C=O) groups excluding carboxylic acids is 1. The van der Waals surface area contributed by atoms with E-state index in [0.29, 0.717) is 5.76 Å². The van der Waals surface area contributed by atoms with Gasteiger partial charge < -0.3 is 29.1 Å². The average Bonchev–Trinajstić information content (AvgIpc) is 3.01. The number of carbonyl (C=O) groups is 1. The van der Waals surface area contributed by atoms with E-state index in [0.717, 1.165) is 0 Å². The highest BCUT2D eigenvalue weighted by atomic mass is 16.7. The van der Waals surface area contributed by atoms with Gasteiger partial charge in [-0.25, -0.2) is 0 Å². The normalized spacial score (nSPS) is 35.9. The minimum atomic E-state index is -0.924. The van der Waals surface area contributed by atoms with Gasteiger partial charge in [0.2, 0.25) is 0 Å². The van der Waals surface area contributed by atoms with Crippen LogP contribution < -0.4 is 5.73 Å². The molecule has 2 aliphatic rings. The molecule has 5 atom stereocenters. The lowest BCUT2D eigenvalue weighted by Crippen LogP contribution is -2.69. The Kier molecular flexibility index (Phi) is 4.34. The molecule has 0 amide bonds. The Morgan fingerprint density at radius 1 is 1.25 bits per heavy atom. The fraction of sp³-hybridized carbons (Fsp3) is 0.706. The summed E-state index contributed by atoms with van der Waals surface area (Å²) in [6, 6.07) is 3.01. The van der Waals surface area contributed by atoms with Crippen LogP contribution >= 0.6 is 0 Å². The second-order valence-corrected chi connectivity index (χ2v) is 7.18. The van der Waals surface area contributed by atoms with Crippen LogP contribution in [0.5, 0.6) is 0 Å². The minimum absolute atomic E-state index is 0.186. The third-order valence-corrected chi connectivity index (χ3v) is 4.58. The molecule has 2 fully saturated rings. The fourth-order valence-corrected chi connectivity index (χ4v) is 3.34. The summed E-state index contributed by atoms with van der Waals surface area (Å²) in [7, 11) is 1.54. The third-order valence-electron chi connectivity index (χ3n) is 4.58. The first-order valence-corrected chi connectivity index (χ1v) is 8.06. The first-order chi connectivity index (χ1) is 11.2.